The number of halogens is 1. The molecule has 0 saturated heterocycles. The average molecular weight is 246 g/mol. The molecule has 0 spiro atoms. The number of hydrogen-bond donors (Lipinski definition) is 2. The molecule has 2 unspecified atom stereocenters. The van der Waals surface area contributed by atoms with Crippen LogP contribution in [0, 0.1) is 0 Å². The van der Waals surface area contributed by atoms with Crippen molar-refractivity contribution in [2.75, 3.05) is 6.61 Å². The molecule has 0 aliphatic rings. The Labute approximate surface area is 99.8 Å². The van der Waals surface area contributed by atoms with Gasteiger partial charge in [0.05, 0.1) is 6.61 Å². The SMILES string of the molecule is CCC(N)C(CO)Sc1ccc(Cl)cc1. The van der Waals surface area contributed by atoms with Gasteiger partial charge in [-0.15, -0.1) is 11.8 Å². The van der Waals surface area contributed by atoms with Gasteiger partial charge in [-0.05, 0) is 30.7 Å². The van der Waals surface area contributed by atoms with Crippen LogP contribution in [-0.4, -0.2) is 23.0 Å². The van der Waals surface area contributed by atoms with Gasteiger partial charge in [0.25, 0.3) is 0 Å². The van der Waals surface area contributed by atoms with E-state index in [1.54, 1.807) is 11.8 Å². The van der Waals surface area contributed by atoms with Crippen molar-refractivity contribution in [3.8, 4) is 0 Å². The first-order chi connectivity index (χ1) is 7.17. The molecule has 1 aromatic carbocycles. The number of thioether (sulfide) groups is 1. The van der Waals surface area contributed by atoms with E-state index in [4.69, 9.17) is 17.3 Å². The summed E-state index contributed by atoms with van der Waals surface area (Å²) in [6.07, 6.45) is 0.867. The van der Waals surface area contributed by atoms with Crippen LogP contribution >= 0.6 is 23.4 Å². The Morgan fingerprint density at radius 2 is 2.00 bits per heavy atom. The van der Waals surface area contributed by atoms with Crippen molar-refractivity contribution in [1.82, 2.24) is 0 Å². The average Bonchev–Trinajstić information content (AvgIpc) is 2.27. The van der Waals surface area contributed by atoms with Crippen LogP contribution < -0.4 is 5.73 Å². The third-order valence-corrected chi connectivity index (χ3v) is 3.83. The van der Waals surface area contributed by atoms with Gasteiger partial charge in [0, 0.05) is 21.2 Å². The number of hydrogen-bond acceptors (Lipinski definition) is 3. The van der Waals surface area contributed by atoms with E-state index in [2.05, 4.69) is 0 Å². The number of benzene rings is 1. The normalized spacial score (nSPS) is 14.9. The summed E-state index contributed by atoms with van der Waals surface area (Å²) in [5.41, 5.74) is 5.90. The highest BCUT2D eigenvalue weighted by atomic mass is 35.5. The molecule has 0 saturated carbocycles. The molecule has 84 valence electrons. The Morgan fingerprint density at radius 3 is 2.47 bits per heavy atom. The minimum atomic E-state index is 0.0238. The zero-order valence-electron chi connectivity index (χ0n) is 8.69. The van der Waals surface area contributed by atoms with Gasteiger partial charge in [-0.25, -0.2) is 0 Å². The Balaban J connectivity index is 2.62. The molecule has 2 nitrogen and oxygen atoms in total. The first-order valence-corrected chi connectivity index (χ1v) is 6.21. The van der Waals surface area contributed by atoms with E-state index < -0.39 is 0 Å². The molecule has 0 radical (unpaired) electrons. The lowest BCUT2D eigenvalue weighted by Gasteiger charge is -2.19. The fourth-order valence-electron chi connectivity index (χ4n) is 1.21. The summed E-state index contributed by atoms with van der Waals surface area (Å²) in [5.74, 6) is 0. The van der Waals surface area contributed by atoms with Crippen molar-refractivity contribution in [2.24, 2.45) is 5.73 Å². The predicted octanol–water partition coefficient (Wildman–Crippen LogP) is 2.53. The molecule has 15 heavy (non-hydrogen) atoms. The fourth-order valence-corrected chi connectivity index (χ4v) is 2.42. The number of nitrogens with two attached hydrogens (primary N) is 1. The summed E-state index contributed by atoms with van der Waals surface area (Å²) in [4.78, 5) is 1.09. The van der Waals surface area contributed by atoms with E-state index >= 15 is 0 Å². The maximum Gasteiger partial charge on any atom is 0.0568 e. The maximum atomic E-state index is 9.22. The Kier molecular flexibility index (Phi) is 5.47. The fraction of sp³-hybridized carbons (Fsp3) is 0.455. The Hall–Kier alpha value is -0.220. The topological polar surface area (TPSA) is 46.2 Å². The minimum absolute atomic E-state index is 0.0238. The summed E-state index contributed by atoms with van der Waals surface area (Å²) in [7, 11) is 0. The molecule has 1 rings (SSSR count). The quantitative estimate of drug-likeness (QED) is 0.784. The van der Waals surface area contributed by atoms with Gasteiger partial charge in [0.1, 0.15) is 0 Å². The van der Waals surface area contributed by atoms with Crippen LogP contribution in [0.1, 0.15) is 13.3 Å². The second-order valence-corrected chi connectivity index (χ2v) is 5.11. The predicted molar refractivity (Wildman–Crippen MR) is 66.4 cm³/mol. The molecule has 0 bridgehead atoms. The zero-order valence-corrected chi connectivity index (χ0v) is 10.3. The Bertz CT molecular complexity index is 291. The molecule has 0 aliphatic carbocycles. The van der Waals surface area contributed by atoms with Crippen LogP contribution in [0.5, 0.6) is 0 Å². The second-order valence-electron chi connectivity index (χ2n) is 3.36. The summed E-state index contributed by atoms with van der Waals surface area (Å²) in [5, 5.41) is 9.99. The largest absolute Gasteiger partial charge is 0.395 e. The van der Waals surface area contributed by atoms with E-state index in [1.807, 2.05) is 31.2 Å². The molecule has 2 atom stereocenters. The van der Waals surface area contributed by atoms with Crippen molar-refractivity contribution >= 4 is 23.4 Å². The van der Waals surface area contributed by atoms with Gasteiger partial charge >= 0.3 is 0 Å². The van der Waals surface area contributed by atoms with Crippen molar-refractivity contribution in [3.63, 3.8) is 0 Å². The van der Waals surface area contributed by atoms with Crippen LogP contribution in [0.25, 0.3) is 0 Å². The van der Waals surface area contributed by atoms with Gasteiger partial charge < -0.3 is 10.8 Å². The third kappa shape index (κ3) is 4.03. The second kappa shape index (κ2) is 6.38. The van der Waals surface area contributed by atoms with Crippen LogP contribution in [0.4, 0.5) is 0 Å². The molecule has 4 heteroatoms. The number of aliphatic hydroxyl groups excluding tert-OH is 1. The van der Waals surface area contributed by atoms with E-state index in [1.165, 1.54) is 0 Å². The van der Waals surface area contributed by atoms with Gasteiger partial charge in [0.2, 0.25) is 0 Å². The van der Waals surface area contributed by atoms with Crippen molar-refractivity contribution in [3.05, 3.63) is 29.3 Å². The van der Waals surface area contributed by atoms with Gasteiger partial charge in [-0.1, -0.05) is 18.5 Å². The van der Waals surface area contributed by atoms with E-state index in [0.29, 0.717) is 0 Å². The molecule has 0 amide bonds. The smallest absolute Gasteiger partial charge is 0.0568 e. The van der Waals surface area contributed by atoms with E-state index in [0.717, 1.165) is 16.3 Å². The summed E-state index contributed by atoms with van der Waals surface area (Å²) >= 11 is 7.39. The molecular weight excluding hydrogens is 230 g/mol. The lowest BCUT2D eigenvalue weighted by atomic mass is 10.2. The highest BCUT2D eigenvalue weighted by Crippen LogP contribution is 2.26. The van der Waals surface area contributed by atoms with Gasteiger partial charge in [0.15, 0.2) is 0 Å². The first-order valence-electron chi connectivity index (χ1n) is 4.96. The highest BCUT2D eigenvalue weighted by molar-refractivity contribution is 8.00. The summed E-state index contributed by atoms with van der Waals surface area (Å²) in [6, 6.07) is 7.59. The number of rotatable bonds is 5. The highest BCUT2D eigenvalue weighted by Gasteiger charge is 2.16. The molecule has 3 N–H and O–H groups in total. The lowest BCUT2D eigenvalue weighted by molar-refractivity contribution is 0.281. The van der Waals surface area contributed by atoms with E-state index in [-0.39, 0.29) is 17.9 Å². The van der Waals surface area contributed by atoms with Crippen molar-refractivity contribution in [1.29, 1.82) is 0 Å². The lowest BCUT2D eigenvalue weighted by Crippen LogP contribution is -2.34. The minimum Gasteiger partial charge on any atom is -0.395 e. The Morgan fingerprint density at radius 1 is 1.40 bits per heavy atom. The zero-order chi connectivity index (χ0) is 11.3. The van der Waals surface area contributed by atoms with Crippen LogP contribution in [0.15, 0.2) is 29.2 Å². The molecular formula is C11H16ClNOS. The van der Waals surface area contributed by atoms with Crippen LogP contribution in [0.2, 0.25) is 5.02 Å². The van der Waals surface area contributed by atoms with Crippen LogP contribution in [0.3, 0.4) is 0 Å². The standard InChI is InChI=1S/C11H16ClNOS/c1-2-10(13)11(7-14)15-9-5-3-8(12)4-6-9/h3-6,10-11,14H,2,7,13H2,1H3. The van der Waals surface area contributed by atoms with Gasteiger partial charge in [-0.3, -0.25) is 0 Å². The number of aliphatic hydroxyl groups is 1. The maximum absolute atomic E-state index is 9.22. The summed E-state index contributed by atoms with van der Waals surface area (Å²) < 4.78 is 0. The molecule has 1 aromatic rings. The monoisotopic (exact) mass is 245 g/mol. The first kappa shape index (κ1) is 12.8. The van der Waals surface area contributed by atoms with Gasteiger partial charge in [-0.2, -0.15) is 0 Å². The summed E-state index contributed by atoms with van der Waals surface area (Å²) in [6.45, 7) is 2.12. The molecule has 0 aliphatic heterocycles. The molecule has 0 heterocycles. The molecule has 0 aromatic heterocycles. The van der Waals surface area contributed by atoms with Crippen LogP contribution in [-0.2, 0) is 0 Å². The van der Waals surface area contributed by atoms with Crippen molar-refractivity contribution < 1.29 is 5.11 Å². The van der Waals surface area contributed by atoms with Crippen molar-refractivity contribution in [2.45, 2.75) is 29.5 Å². The third-order valence-electron chi connectivity index (χ3n) is 2.23. The molecule has 0 fully saturated rings. The van der Waals surface area contributed by atoms with E-state index in [9.17, 15) is 5.11 Å².